The molecule has 142 valence electrons. The number of aliphatic hydroxyl groups is 1. The van der Waals surface area contributed by atoms with Crippen LogP contribution in [0.25, 0.3) is 0 Å². The monoisotopic (exact) mass is 355 g/mol. The Hall–Kier alpha value is -0.210. The van der Waals surface area contributed by atoms with E-state index in [0.717, 1.165) is 6.42 Å². The van der Waals surface area contributed by atoms with Crippen molar-refractivity contribution in [2.24, 2.45) is 0 Å². The topological polar surface area (TPSA) is 97.7 Å². The van der Waals surface area contributed by atoms with Crippen molar-refractivity contribution in [1.29, 1.82) is 0 Å². The van der Waals surface area contributed by atoms with Crippen molar-refractivity contribution >= 4 is 10.4 Å². The van der Waals surface area contributed by atoms with Gasteiger partial charge in [0, 0.05) is 6.61 Å². The number of hydrogen-bond acceptors (Lipinski definition) is 4. The highest BCUT2D eigenvalue weighted by Gasteiger charge is 2.24. The lowest BCUT2D eigenvalue weighted by molar-refractivity contribution is -0.929. The van der Waals surface area contributed by atoms with Gasteiger partial charge in [0.2, 0.25) is 10.4 Å². The summed E-state index contributed by atoms with van der Waals surface area (Å²) in [5, 5.41) is 8.98. The lowest BCUT2D eigenvalue weighted by Crippen LogP contribution is -2.50. The van der Waals surface area contributed by atoms with Crippen molar-refractivity contribution in [3.05, 3.63) is 0 Å². The van der Waals surface area contributed by atoms with Crippen LogP contribution in [0.5, 0.6) is 0 Å². The highest BCUT2D eigenvalue weighted by molar-refractivity contribution is 7.79. The van der Waals surface area contributed by atoms with E-state index in [1.54, 1.807) is 0 Å². The van der Waals surface area contributed by atoms with Gasteiger partial charge in [0.25, 0.3) is 0 Å². The van der Waals surface area contributed by atoms with Gasteiger partial charge in [-0.2, -0.15) is 0 Å². The average molecular weight is 356 g/mol. The number of rotatable bonds is 13. The maximum absolute atomic E-state index is 8.98. The molecule has 0 atom stereocenters. The Morgan fingerprint density at radius 1 is 0.783 bits per heavy atom. The summed E-state index contributed by atoms with van der Waals surface area (Å²) in [5.41, 5.74) is 0. The van der Waals surface area contributed by atoms with Gasteiger partial charge >= 0.3 is 0 Å². The first-order valence-corrected chi connectivity index (χ1v) is 10.3. The minimum absolute atomic E-state index is 0.356. The minimum atomic E-state index is -4.92. The summed E-state index contributed by atoms with van der Waals surface area (Å²) < 4.78 is 34.1. The SMILES string of the molecule is CCCC[N+](CCCC)(CCCC)CCCCO.O=S(=O)([O-])O. The van der Waals surface area contributed by atoms with E-state index in [2.05, 4.69) is 20.8 Å². The molecular formula is C16H37NO5S. The second-order valence-electron chi connectivity index (χ2n) is 6.16. The molecule has 0 aliphatic rings. The average Bonchev–Trinajstić information content (AvgIpc) is 2.47. The van der Waals surface area contributed by atoms with Crippen LogP contribution in [0.15, 0.2) is 0 Å². The number of aliphatic hydroxyl groups excluding tert-OH is 1. The molecule has 0 aromatic rings. The van der Waals surface area contributed by atoms with E-state index in [1.165, 1.54) is 75.6 Å². The molecule has 23 heavy (non-hydrogen) atoms. The van der Waals surface area contributed by atoms with E-state index in [9.17, 15) is 0 Å². The largest absolute Gasteiger partial charge is 0.726 e. The zero-order valence-corrected chi connectivity index (χ0v) is 16.0. The van der Waals surface area contributed by atoms with E-state index in [4.69, 9.17) is 22.6 Å². The normalized spacial score (nSPS) is 11.9. The molecule has 0 rings (SSSR count). The molecule has 0 amide bonds. The highest BCUT2D eigenvalue weighted by Crippen LogP contribution is 2.16. The first-order valence-electron chi connectivity index (χ1n) is 8.89. The molecular weight excluding hydrogens is 318 g/mol. The maximum Gasteiger partial charge on any atom is 0.215 e. The van der Waals surface area contributed by atoms with Crippen LogP contribution in [-0.4, -0.2) is 59.9 Å². The lowest BCUT2D eigenvalue weighted by atomic mass is 10.1. The molecule has 0 bridgehead atoms. The molecule has 0 aromatic carbocycles. The molecule has 0 aromatic heterocycles. The summed E-state index contributed by atoms with van der Waals surface area (Å²) in [4.78, 5) is 0. The van der Waals surface area contributed by atoms with Crippen LogP contribution in [0, 0.1) is 0 Å². The predicted octanol–water partition coefficient (Wildman–Crippen LogP) is 2.98. The van der Waals surface area contributed by atoms with Gasteiger partial charge in [-0.1, -0.05) is 40.0 Å². The van der Waals surface area contributed by atoms with E-state index < -0.39 is 10.4 Å². The Kier molecular flexibility index (Phi) is 16.7. The molecule has 0 heterocycles. The maximum atomic E-state index is 8.98. The molecule has 0 spiro atoms. The highest BCUT2D eigenvalue weighted by atomic mass is 32.3. The smallest absolute Gasteiger partial charge is 0.215 e. The van der Waals surface area contributed by atoms with Crippen LogP contribution in [0.1, 0.15) is 72.1 Å². The van der Waals surface area contributed by atoms with Crippen molar-refractivity contribution < 1.29 is 27.1 Å². The zero-order valence-electron chi connectivity index (χ0n) is 15.2. The molecule has 0 aliphatic carbocycles. The van der Waals surface area contributed by atoms with Crippen molar-refractivity contribution in [1.82, 2.24) is 0 Å². The third kappa shape index (κ3) is 19.7. The fourth-order valence-electron chi connectivity index (χ4n) is 2.71. The first-order chi connectivity index (χ1) is 10.7. The second-order valence-corrected chi connectivity index (χ2v) is 7.01. The summed E-state index contributed by atoms with van der Waals surface area (Å²) >= 11 is 0. The number of quaternary nitrogens is 1. The van der Waals surface area contributed by atoms with Gasteiger partial charge in [0.05, 0.1) is 26.2 Å². The fourth-order valence-corrected chi connectivity index (χ4v) is 2.71. The summed E-state index contributed by atoms with van der Waals surface area (Å²) in [6, 6.07) is 0. The second kappa shape index (κ2) is 15.3. The van der Waals surface area contributed by atoms with Crippen molar-refractivity contribution in [2.75, 3.05) is 32.8 Å². The molecule has 0 fully saturated rings. The van der Waals surface area contributed by atoms with Crippen molar-refractivity contribution in [3.8, 4) is 0 Å². The predicted molar refractivity (Wildman–Crippen MR) is 93.1 cm³/mol. The number of hydrogen-bond donors (Lipinski definition) is 2. The van der Waals surface area contributed by atoms with Crippen LogP contribution in [0.2, 0.25) is 0 Å². The van der Waals surface area contributed by atoms with E-state index in [1.807, 2.05) is 0 Å². The molecule has 0 saturated carbocycles. The minimum Gasteiger partial charge on any atom is -0.726 e. The van der Waals surface area contributed by atoms with Crippen LogP contribution in [0.3, 0.4) is 0 Å². The van der Waals surface area contributed by atoms with Gasteiger partial charge in [-0.25, -0.2) is 8.42 Å². The van der Waals surface area contributed by atoms with Crippen LogP contribution in [-0.2, 0) is 10.4 Å². The molecule has 0 radical (unpaired) electrons. The number of nitrogens with zero attached hydrogens (tertiary/aromatic N) is 1. The van der Waals surface area contributed by atoms with Gasteiger partial charge in [-0.3, -0.25) is 4.55 Å². The Labute approximate surface area is 143 Å². The molecule has 0 aliphatic heterocycles. The molecule has 6 nitrogen and oxygen atoms in total. The molecule has 2 N–H and O–H groups in total. The van der Waals surface area contributed by atoms with E-state index in [0.29, 0.717) is 6.61 Å². The van der Waals surface area contributed by atoms with Crippen LogP contribution < -0.4 is 0 Å². The summed E-state index contributed by atoms with van der Waals surface area (Å²) in [7, 11) is -4.92. The van der Waals surface area contributed by atoms with Gasteiger partial charge in [-0.05, 0) is 32.1 Å². The summed E-state index contributed by atoms with van der Waals surface area (Å²) in [5.74, 6) is 0. The van der Waals surface area contributed by atoms with Gasteiger partial charge in [0.1, 0.15) is 0 Å². The number of unbranched alkanes of at least 4 members (excludes halogenated alkanes) is 4. The molecule has 0 saturated heterocycles. The standard InChI is InChI=1S/C16H36NO.H2O4S/c1-4-7-12-17(13-8-5-2,14-9-6-3)15-10-11-16-18;1-5(2,3)4/h18H,4-16H2,1-3H3;(H2,1,2,3,4)/q+1;/p-1. The van der Waals surface area contributed by atoms with Crippen molar-refractivity contribution in [3.63, 3.8) is 0 Å². The third-order valence-corrected chi connectivity index (χ3v) is 4.00. The zero-order chi connectivity index (χ0) is 18.2. The van der Waals surface area contributed by atoms with Crippen molar-refractivity contribution in [2.45, 2.75) is 72.1 Å². The van der Waals surface area contributed by atoms with Crippen LogP contribution in [0.4, 0.5) is 0 Å². The fraction of sp³-hybridized carbons (Fsp3) is 1.00. The van der Waals surface area contributed by atoms with E-state index in [-0.39, 0.29) is 0 Å². The van der Waals surface area contributed by atoms with Gasteiger partial charge in [0.15, 0.2) is 0 Å². The molecule has 0 unspecified atom stereocenters. The third-order valence-electron chi connectivity index (χ3n) is 4.00. The Morgan fingerprint density at radius 2 is 1.09 bits per heavy atom. The lowest BCUT2D eigenvalue weighted by Gasteiger charge is -2.39. The van der Waals surface area contributed by atoms with Crippen LogP contribution >= 0.6 is 0 Å². The summed E-state index contributed by atoms with van der Waals surface area (Å²) in [6.45, 7) is 12.6. The van der Waals surface area contributed by atoms with Gasteiger partial charge in [-0.15, -0.1) is 0 Å². The van der Waals surface area contributed by atoms with Gasteiger partial charge < -0.3 is 14.1 Å². The first kappa shape index (κ1) is 25.0. The van der Waals surface area contributed by atoms with E-state index >= 15 is 0 Å². The summed E-state index contributed by atoms with van der Waals surface area (Å²) in [6.07, 6.45) is 10.1. The quantitative estimate of drug-likeness (QED) is 0.229. The Morgan fingerprint density at radius 3 is 1.35 bits per heavy atom. The Balaban J connectivity index is 0. The Bertz CT molecular complexity index is 317. The molecule has 7 heteroatoms.